The zero-order valence-corrected chi connectivity index (χ0v) is 24.9. The molecule has 0 saturated carbocycles. The Labute approximate surface area is 238 Å². The number of ether oxygens (including phenoxy) is 1. The lowest BCUT2D eigenvalue weighted by molar-refractivity contribution is -0.140. The molecule has 214 valence electrons. The maximum absolute atomic E-state index is 14.1. The second-order valence-corrected chi connectivity index (χ2v) is 11.9. The number of methoxy groups -OCH3 is 1. The highest BCUT2D eigenvalue weighted by atomic mass is 32.2. The van der Waals surface area contributed by atoms with E-state index in [1.807, 2.05) is 58.9 Å². The van der Waals surface area contributed by atoms with Crippen LogP contribution in [0.3, 0.4) is 0 Å². The highest BCUT2D eigenvalue weighted by molar-refractivity contribution is 7.92. The third kappa shape index (κ3) is 7.41. The first-order valence-electron chi connectivity index (χ1n) is 13.4. The Hall–Kier alpha value is -3.85. The fourth-order valence-electron chi connectivity index (χ4n) is 4.45. The molecule has 1 atom stereocenters. The van der Waals surface area contributed by atoms with Gasteiger partial charge in [-0.1, -0.05) is 49.4 Å². The number of sulfonamides is 1. The number of benzene rings is 3. The van der Waals surface area contributed by atoms with E-state index in [9.17, 15) is 18.0 Å². The Kier molecular flexibility index (Phi) is 10.3. The van der Waals surface area contributed by atoms with Crippen LogP contribution in [0.5, 0.6) is 5.75 Å². The molecule has 0 aliphatic heterocycles. The topological polar surface area (TPSA) is 96.0 Å². The first-order chi connectivity index (χ1) is 19.0. The lowest BCUT2D eigenvalue weighted by Gasteiger charge is -2.34. The zero-order valence-electron chi connectivity index (χ0n) is 24.0. The largest absolute Gasteiger partial charge is 0.497 e. The van der Waals surface area contributed by atoms with Gasteiger partial charge in [-0.05, 0) is 81.1 Å². The number of carbonyl (C=O) groups is 2. The number of hydrogen-bond donors (Lipinski definition) is 1. The van der Waals surface area contributed by atoms with Crippen LogP contribution < -0.4 is 14.4 Å². The smallest absolute Gasteiger partial charge is 0.264 e. The second-order valence-electron chi connectivity index (χ2n) is 10.1. The highest BCUT2D eigenvalue weighted by Gasteiger charge is 2.34. The van der Waals surface area contributed by atoms with E-state index in [1.165, 1.54) is 17.0 Å². The molecule has 3 aromatic carbocycles. The molecular weight excluding hydrogens is 526 g/mol. The average molecular weight is 566 g/mol. The van der Waals surface area contributed by atoms with Gasteiger partial charge in [0.2, 0.25) is 11.8 Å². The maximum atomic E-state index is 14.1. The van der Waals surface area contributed by atoms with Gasteiger partial charge in [0.05, 0.1) is 17.7 Å². The van der Waals surface area contributed by atoms with Gasteiger partial charge in [-0.3, -0.25) is 13.9 Å². The lowest BCUT2D eigenvalue weighted by Crippen LogP contribution is -2.53. The van der Waals surface area contributed by atoms with E-state index >= 15 is 0 Å². The van der Waals surface area contributed by atoms with E-state index in [0.717, 1.165) is 15.4 Å². The van der Waals surface area contributed by atoms with Crippen molar-refractivity contribution in [3.63, 3.8) is 0 Å². The van der Waals surface area contributed by atoms with Crippen molar-refractivity contribution in [1.82, 2.24) is 10.2 Å². The van der Waals surface area contributed by atoms with E-state index in [1.54, 1.807) is 43.5 Å². The zero-order chi connectivity index (χ0) is 29.4. The molecule has 9 heteroatoms. The van der Waals surface area contributed by atoms with Gasteiger partial charge in [0.1, 0.15) is 18.3 Å². The average Bonchev–Trinajstić information content (AvgIpc) is 2.93. The molecule has 3 aromatic rings. The minimum Gasteiger partial charge on any atom is -0.497 e. The van der Waals surface area contributed by atoms with Crippen molar-refractivity contribution in [2.45, 2.75) is 64.6 Å². The van der Waals surface area contributed by atoms with Crippen molar-refractivity contribution in [3.05, 3.63) is 89.5 Å². The number of nitrogens with one attached hydrogen (secondary N) is 1. The van der Waals surface area contributed by atoms with Gasteiger partial charge in [-0.15, -0.1) is 0 Å². The molecule has 3 rings (SSSR count). The number of carbonyl (C=O) groups excluding carboxylic acids is 2. The van der Waals surface area contributed by atoms with E-state index in [4.69, 9.17) is 4.74 Å². The van der Waals surface area contributed by atoms with Crippen LogP contribution in [0.4, 0.5) is 5.69 Å². The molecule has 0 radical (unpaired) electrons. The minimum absolute atomic E-state index is 0.0787. The number of rotatable bonds is 12. The quantitative estimate of drug-likeness (QED) is 0.339. The third-order valence-electron chi connectivity index (χ3n) is 6.57. The Bertz CT molecular complexity index is 1410. The summed E-state index contributed by atoms with van der Waals surface area (Å²) in [6, 6.07) is 19.9. The number of nitrogens with zero attached hydrogens (tertiary/aromatic N) is 2. The standard InChI is InChI=1S/C31H39N3O5S/c1-7-28(31(36)32-22(2)3)33(20-25-15-17-26(39-6)18-16-25)30(35)21-34(29-19-23(4)13-14-24(29)5)40(37,38)27-11-9-8-10-12-27/h8-19,22,28H,7,20-21H2,1-6H3,(H,32,36)/t28-/m1/s1. The van der Waals surface area contributed by atoms with Gasteiger partial charge < -0.3 is 15.0 Å². The summed E-state index contributed by atoms with van der Waals surface area (Å²) >= 11 is 0. The van der Waals surface area contributed by atoms with Crippen molar-refractivity contribution in [2.24, 2.45) is 0 Å². The fraction of sp³-hybridized carbons (Fsp3) is 0.355. The van der Waals surface area contributed by atoms with Crippen molar-refractivity contribution in [1.29, 1.82) is 0 Å². The second kappa shape index (κ2) is 13.5. The fourth-order valence-corrected chi connectivity index (χ4v) is 5.94. The van der Waals surface area contributed by atoms with Crippen molar-refractivity contribution < 1.29 is 22.7 Å². The normalized spacial score (nSPS) is 12.1. The van der Waals surface area contributed by atoms with Gasteiger partial charge in [0.25, 0.3) is 10.0 Å². The molecule has 0 saturated heterocycles. The molecule has 0 spiro atoms. The Morgan fingerprint density at radius 2 is 1.60 bits per heavy atom. The van der Waals surface area contributed by atoms with Gasteiger partial charge in [0, 0.05) is 12.6 Å². The van der Waals surface area contributed by atoms with Crippen LogP contribution in [-0.4, -0.2) is 50.9 Å². The minimum atomic E-state index is -4.11. The van der Waals surface area contributed by atoms with Crippen LogP contribution in [0, 0.1) is 13.8 Å². The Morgan fingerprint density at radius 3 is 2.17 bits per heavy atom. The van der Waals surface area contributed by atoms with E-state index < -0.39 is 28.5 Å². The predicted octanol–water partition coefficient (Wildman–Crippen LogP) is 4.84. The van der Waals surface area contributed by atoms with Gasteiger partial charge in [-0.2, -0.15) is 0 Å². The number of aryl methyl sites for hydroxylation is 2. The Balaban J connectivity index is 2.09. The van der Waals surface area contributed by atoms with Crippen LogP contribution in [0.15, 0.2) is 77.7 Å². The first-order valence-corrected chi connectivity index (χ1v) is 14.8. The van der Waals surface area contributed by atoms with Crippen LogP contribution in [0.2, 0.25) is 0 Å². The van der Waals surface area contributed by atoms with Gasteiger partial charge >= 0.3 is 0 Å². The van der Waals surface area contributed by atoms with E-state index in [2.05, 4.69) is 5.32 Å². The van der Waals surface area contributed by atoms with E-state index in [0.29, 0.717) is 23.4 Å². The molecule has 0 aliphatic carbocycles. The van der Waals surface area contributed by atoms with Crippen LogP contribution in [-0.2, 0) is 26.2 Å². The summed E-state index contributed by atoms with van der Waals surface area (Å²) < 4.78 is 34.3. The molecule has 0 unspecified atom stereocenters. The van der Waals surface area contributed by atoms with Crippen LogP contribution in [0.25, 0.3) is 0 Å². The molecule has 0 aromatic heterocycles. The molecule has 0 fully saturated rings. The van der Waals surface area contributed by atoms with Gasteiger partial charge in [-0.25, -0.2) is 8.42 Å². The summed E-state index contributed by atoms with van der Waals surface area (Å²) in [7, 11) is -2.53. The lowest BCUT2D eigenvalue weighted by atomic mass is 10.1. The molecular formula is C31H39N3O5S. The number of amides is 2. The third-order valence-corrected chi connectivity index (χ3v) is 8.35. The SMILES string of the molecule is CC[C@H](C(=O)NC(C)C)N(Cc1ccc(OC)cc1)C(=O)CN(c1cc(C)ccc1C)S(=O)(=O)c1ccccc1. The molecule has 2 amide bonds. The summed E-state index contributed by atoms with van der Waals surface area (Å²) in [4.78, 5) is 28.9. The maximum Gasteiger partial charge on any atom is 0.264 e. The van der Waals surface area contributed by atoms with Crippen molar-refractivity contribution >= 4 is 27.5 Å². The van der Waals surface area contributed by atoms with Crippen molar-refractivity contribution in [2.75, 3.05) is 18.0 Å². The molecule has 0 bridgehead atoms. The molecule has 40 heavy (non-hydrogen) atoms. The molecule has 8 nitrogen and oxygen atoms in total. The molecule has 1 N–H and O–H groups in total. The summed E-state index contributed by atoms with van der Waals surface area (Å²) in [5.74, 6) is -0.105. The monoisotopic (exact) mass is 565 g/mol. The van der Waals surface area contributed by atoms with Crippen LogP contribution >= 0.6 is 0 Å². The highest BCUT2D eigenvalue weighted by Crippen LogP contribution is 2.28. The van der Waals surface area contributed by atoms with Crippen molar-refractivity contribution in [3.8, 4) is 5.75 Å². The Morgan fingerprint density at radius 1 is 0.950 bits per heavy atom. The molecule has 0 aliphatic rings. The summed E-state index contributed by atoms with van der Waals surface area (Å²) in [6.07, 6.45) is 0.357. The predicted molar refractivity (Wildman–Crippen MR) is 158 cm³/mol. The molecule has 0 heterocycles. The summed E-state index contributed by atoms with van der Waals surface area (Å²) in [5, 5.41) is 2.91. The van der Waals surface area contributed by atoms with Crippen LogP contribution in [0.1, 0.15) is 43.9 Å². The number of hydrogen-bond acceptors (Lipinski definition) is 5. The van der Waals surface area contributed by atoms with Gasteiger partial charge in [0.15, 0.2) is 0 Å². The summed E-state index contributed by atoms with van der Waals surface area (Å²) in [6.45, 7) is 8.89. The van der Waals surface area contributed by atoms with E-state index in [-0.39, 0.29) is 23.4 Å². The summed E-state index contributed by atoms with van der Waals surface area (Å²) in [5.41, 5.74) is 2.78. The number of anilines is 1. The first kappa shape index (κ1) is 30.7.